The molecule has 1 heterocycles. The van der Waals surface area contributed by atoms with E-state index in [0.29, 0.717) is 6.54 Å². The number of hydrogen-bond acceptors (Lipinski definition) is 2. The highest BCUT2D eigenvalue weighted by molar-refractivity contribution is 5.97. The summed E-state index contributed by atoms with van der Waals surface area (Å²) in [6.07, 6.45) is 0.845. The topological polar surface area (TPSA) is 32.3 Å². The van der Waals surface area contributed by atoms with Gasteiger partial charge in [-0.25, -0.2) is 4.39 Å². The predicted molar refractivity (Wildman–Crippen MR) is 72.7 cm³/mol. The summed E-state index contributed by atoms with van der Waals surface area (Å²) in [7, 11) is 1.74. The number of halogens is 2. The molecule has 18 heavy (non-hydrogen) atoms. The fourth-order valence-corrected chi connectivity index (χ4v) is 2.19. The molecule has 0 saturated carbocycles. The van der Waals surface area contributed by atoms with Gasteiger partial charge in [-0.15, -0.1) is 12.4 Å². The van der Waals surface area contributed by atoms with Crippen LogP contribution in [0.4, 0.5) is 10.1 Å². The second kappa shape index (κ2) is 5.67. The van der Waals surface area contributed by atoms with E-state index in [9.17, 15) is 9.18 Å². The van der Waals surface area contributed by atoms with Crippen LogP contribution in [-0.2, 0) is 4.79 Å². The van der Waals surface area contributed by atoms with Gasteiger partial charge < -0.3 is 10.2 Å². The van der Waals surface area contributed by atoms with Crippen LogP contribution < -0.4 is 10.2 Å². The van der Waals surface area contributed by atoms with Gasteiger partial charge in [-0.05, 0) is 44.2 Å². The van der Waals surface area contributed by atoms with Crippen molar-refractivity contribution in [3.05, 3.63) is 30.1 Å². The molecule has 1 atom stereocenters. The van der Waals surface area contributed by atoms with E-state index in [2.05, 4.69) is 5.32 Å². The number of benzene rings is 1. The lowest BCUT2D eigenvalue weighted by atomic mass is 9.88. The monoisotopic (exact) mass is 272 g/mol. The first kappa shape index (κ1) is 14.9. The zero-order valence-electron chi connectivity index (χ0n) is 10.6. The number of amides is 1. The Morgan fingerprint density at radius 2 is 2.00 bits per heavy atom. The summed E-state index contributed by atoms with van der Waals surface area (Å²) in [5.41, 5.74) is 0.382. The maximum Gasteiger partial charge on any atom is 0.233 e. The standard InChI is InChI=1S/C13H17FN2O.ClH/c1-13(7-8-15-9-13)12(17)16(2)11-5-3-10(14)4-6-11;/h3-6,15H,7-9H2,1-2H3;1H. The molecule has 1 unspecified atom stereocenters. The fourth-order valence-electron chi connectivity index (χ4n) is 2.19. The Balaban J connectivity index is 0.00000162. The van der Waals surface area contributed by atoms with Crippen molar-refractivity contribution >= 4 is 24.0 Å². The van der Waals surface area contributed by atoms with Crippen molar-refractivity contribution in [3.63, 3.8) is 0 Å². The molecule has 1 aromatic rings. The van der Waals surface area contributed by atoms with Gasteiger partial charge in [0.2, 0.25) is 5.91 Å². The molecule has 1 aromatic carbocycles. The van der Waals surface area contributed by atoms with Gasteiger partial charge in [0.25, 0.3) is 0 Å². The van der Waals surface area contributed by atoms with Crippen molar-refractivity contribution in [2.24, 2.45) is 5.41 Å². The van der Waals surface area contributed by atoms with Crippen LogP contribution in [-0.4, -0.2) is 26.0 Å². The number of carbonyl (C=O) groups excluding carboxylic acids is 1. The molecule has 1 aliphatic heterocycles. The van der Waals surface area contributed by atoms with Crippen molar-refractivity contribution in [2.45, 2.75) is 13.3 Å². The number of anilines is 1. The molecular weight excluding hydrogens is 255 g/mol. The maximum atomic E-state index is 12.8. The molecule has 1 saturated heterocycles. The minimum Gasteiger partial charge on any atom is -0.316 e. The van der Waals surface area contributed by atoms with Crippen molar-refractivity contribution < 1.29 is 9.18 Å². The molecule has 0 aliphatic carbocycles. The SMILES string of the molecule is CN(C(=O)C1(C)CCNC1)c1ccc(F)cc1.Cl. The molecule has 0 radical (unpaired) electrons. The molecule has 0 bridgehead atoms. The number of hydrogen-bond donors (Lipinski definition) is 1. The summed E-state index contributed by atoms with van der Waals surface area (Å²) >= 11 is 0. The normalized spacial score (nSPS) is 22.4. The molecule has 100 valence electrons. The average molecular weight is 273 g/mol. The Bertz CT molecular complexity index is 416. The summed E-state index contributed by atoms with van der Waals surface area (Å²) in [6, 6.07) is 5.99. The van der Waals surface area contributed by atoms with Gasteiger partial charge in [-0.1, -0.05) is 0 Å². The van der Waals surface area contributed by atoms with E-state index in [1.165, 1.54) is 12.1 Å². The molecule has 0 spiro atoms. The first-order chi connectivity index (χ1) is 8.03. The van der Waals surface area contributed by atoms with Crippen LogP contribution in [0.1, 0.15) is 13.3 Å². The summed E-state index contributed by atoms with van der Waals surface area (Å²) in [5, 5.41) is 3.20. The van der Waals surface area contributed by atoms with E-state index in [0.717, 1.165) is 18.7 Å². The minimum absolute atomic E-state index is 0. The summed E-state index contributed by atoms with van der Waals surface area (Å²) in [6.45, 7) is 3.55. The molecule has 1 amide bonds. The smallest absolute Gasteiger partial charge is 0.233 e. The van der Waals surface area contributed by atoms with Crippen LogP contribution in [0.3, 0.4) is 0 Å². The lowest BCUT2D eigenvalue weighted by molar-refractivity contribution is -0.126. The molecule has 3 nitrogen and oxygen atoms in total. The van der Waals surface area contributed by atoms with Crippen LogP contribution in [0, 0.1) is 11.2 Å². The molecular formula is C13H18ClFN2O. The third-order valence-electron chi connectivity index (χ3n) is 3.40. The van der Waals surface area contributed by atoms with Gasteiger partial charge in [0.1, 0.15) is 5.82 Å². The van der Waals surface area contributed by atoms with Gasteiger partial charge in [0.05, 0.1) is 5.41 Å². The Hall–Kier alpha value is -1.13. The largest absolute Gasteiger partial charge is 0.316 e. The minimum atomic E-state index is -0.344. The number of nitrogens with one attached hydrogen (secondary N) is 1. The number of carbonyl (C=O) groups is 1. The molecule has 2 rings (SSSR count). The second-order valence-electron chi connectivity index (χ2n) is 4.83. The lowest BCUT2D eigenvalue weighted by Crippen LogP contribution is -2.41. The van der Waals surface area contributed by atoms with E-state index >= 15 is 0 Å². The lowest BCUT2D eigenvalue weighted by Gasteiger charge is -2.28. The molecule has 5 heteroatoms. The van der Waals surface area contributed by atoms with E-state index < -0.39 is 0 Å². The van der Waals surface area contributed by atoms with Crippen LogP contribution >= 0.6 is 12.4 Å². The van der Waals surface area contributed by atoms with Gasteiger partial charge in [-0.2, -0.15) is 0 Å². The third-order valence-corrected chi connectivity index (χ3v) is 3.40. The molecule has 0 aromatic heterocycles. The quantitative estimate of drug-likeness (QED) is 0.895. The van der Waals surface area contributed by atoms with Crippen molar-refractivity contribution in [2.75, 3.05) is 25.0 Å². The maximum absolute atomic E-state index is 12.8. The van der Waals surface area contributed by atoms with Crippen LogP contribution in [0.25, 0.3) is 0 Å². The third kappa shape index (κ3) is 2.82. The van der Waals surface area contributed by atoms with Gasteiger partial charge in [0.15, 0.2) is 0 Å². The first-order valence-corrected chi connectivity index (χ1v) is 5.77. The predicted octanol–water partition coefficient (Wildman–Crippen LogP) is 2.21. The van der Waals surface area contributed by atoms with Crippen molar-refractivity contribution in [3.8, 4) is 0 Å². The van der Waals surface area contributed by atoms with Crippen molar-refractivity contribution in [1.29, 1.82) is 0 Å². The highest BCUT2D eigenvalue weighted by Gasteiger charge is 2.38. The van der Waals surface area contributed by atoms with Gasteiger partial charge >= 0.3 is 0 Å². The summed E-state index contributed by atoms with van der Waals surface area (Å²) < 4.78 is 12.8. The Labute approximate surface area is 113 Å². The van der Waals surface area contributed by atoms with Crippen LogP contribution in [0.2, 0.25) is 0 Å². The van der Waals surface area contributed by atoms with E-state index in [-0.39, 0.29) is 29.5 Å². The Morgan fingerprint density at radius 3 is 2.50 bits per heavy atom. The van der Waals surface area contributed by atoms with Crippen LogP contribution in [0.15, 0.2) is 24.3 Å². The van der Waals surface area contributed by atoms with Crippen LogP contribution in [0.5, 0.6) is 0 Å². The zero-order chi connectivity index (χ0) is 12.5. The first-order valence-electron chi connectivity index (χ1n) is 5.77. The highest BCUT2D eigenvalue weighted by Crippen LogP contribution is 2.28. The molecule has 1 fully saturated rings. The van der Waals surface area contributed by atoms with E-state index in [4.69, 9.17) is 0 Å². The molecule has 1 N–H and O–H groups in total. The fraction of sp³-hybridized carbons (Fsp3) is 0.462. The molecule has 1 aliphatic rings. The zero-order valence-corrected chi connectivity index (χ0v) is 11.4. The van der Waals surface area contributed by atoms with Gasteiger partial charge in [-0.3, -0.25) is 4.79 Å². The van der Waals surface area contributed by atoms with E-state index in [1.54, 1.807) is 24.1 Å². The summed E-state index contributed by atoms with van der Waals surface area (Å²) in [5.74, 6) is -0.211. The van der Waals surface area contributed by atoms with Gasteiger partial charge in [0, 0.05) is 19.3 Å². The Morgan fingerprint density at radius 1 is 1.39 bits per heavy atom. The average Bonchev–Trinajstić information content (AvgIpc) is 2.76. The number of nitrogens with zero attached hydrogens (tertiary/aromatic N) is 1. The summed E-state index contributed by atoms with van der Waals surface area (Å²) in [4.78, 5) is 13.9. The second-order valence-corrected chi connectivity index (χ2v) is 4.83. The van der Waals surface area contributed by atoms with Crippen molar-refractivity contribution in [1.82, 2.24) is 5.32 Å². The Kier molecular flexibility index (Phi) is 4.71. The van der Waals surface area contributed by atoms with E-state index in [1.807, 2.05) is 6.92 Å². The number of rotatable bonds is 2. The highest BCUT2D eigenvalue weighted by atomic mass is 35.5.